The predicted octanol–water partition coefficient (Wildman–Crippen LogP) is 2.25. The van der Waals surface area contributed by atoms with Crippen LogP contribution in [0.25, 0.3) is 5.78 Å². The fourth-order valence-electron chi connectivity index (χ4n) is 2.89. The number of hydrogen-bond donors (Lipinski definition) is 1. The van der Waals surface area contributed by atoms with Crippen LogP contribution in [0.4, 0.5) is 0 Å². The average Bonchev–Trinajstić information content (AvgIpc) is 3.03. The van der Waals surface area contributed by atoms with Crippen molar-refractivity contribution in [2.45, 2.75) is 46.6 Å². The Balaban J connectivity index is 1.65. The van der Waals surface area contributed by atoms with E-state index in [1.807, 2.05) is 39.8 Å². The third-order valence-electron chi connectivity index (χ3n) is 4.40. The Morgan fingerprint density at radius 3 is 2.76 bits per heavy atom. The van der Waals surface area contributed by atoms with Gasteiger partial charge in [-0.15, -0.1) is 0 Å². The Labute approximate surface area is 146 Å². The molecule has 1 atom stereocenters. The second-order valence-corrected chi connectivity index (χ2v) is 6.26. The molecule has 7 heteroatoms. The lowest BCUT2D eigenvalue weighted by Crippen LogP contribution is -2.27. The summed E-state index contributed by atoms with van der Waals surface area (Å²) in [5.74, 6) is 0.592. The first-order valence-electron chi connectivity index (χ1n) is 8.33. The van der Waals surface area contributed by atoms with E-state index in [1.165, 1.54) is 6.33 Å². The van der Waals surface area contributed by atoms with Crippen molar-refractivity contribution in [1.82, 2.24) is 29.9 Å². The summed E-state index contributed by atoms with van der Waals surface area (Å²) in [7, 11) is 0. The lowest BCUT2D eigenvalue weighted by atomic mass is 10.1. The average molecular weight is 338 g/mol. The van der Waals surface area contributed by atoms with Gasteiger partial charge in [0.2, 0.25) is 5.91 Å². The normalized spacial score (nSPS) is 12.3. The maximum atomic E-state index is 12.3. The molecule has 7 nitrogen and oxygen atoms in total. The largest absolute Gasteiger partial charge is 0.350 e. The number of nitrogens with zero attached hydrogens (tertiary/aromatic N) is 5. The Morgan fingerprint density at radius 1 is 1.24 bits per heavy atom. The quantitative estimate of drug-likeness (QED) is 0.771. The maximum Gasteiger partial charge on any atom is 0.252 e. The highest BCUT2D eigenvalue weighted by molar-refractivity contribution is 5.76. The smallest absolute Gasteiger partial charge is 0.252 e. The van der Waals surface area contributed by atoms with Crippen molar-refractivity contribution in [3.63, 3.8) is 0 Å². The van der Waals surface area contributed by atoms with Crippen LogP contribution in [0.5, 0.6) is 0 Å². The van der Waals surface area contributed by atoms with E-state index < -0.39 is 0 Å². The van der Waals surface area contributed by atoms with Gasteiger partial charge in [0.1, 0.15) is 6.33 Å². The molecule has 3 aromatic rings. The lowest BCUT2D eigenvalue weighted by molar-refractivity contribution is -0.121. The third kappa shape index (κ3) is 3.65. The maximum absolute atomic E-state index is 12.3. The van der Waals surface area contributed by atoms with Gasteiger partial charge in [-0.2, -0.15) is 10.1 Å². The molecule has 1 unspecified atom stereocenters. The van der Waals surface area contributed by atoms with Crippen LogP contribution < -0.4 is 5.32 Å². The van der Waals surface area contributed by atoms with Crippen molar-refractivity contribution in [3.8, 4) is 0 Å². The summed E-state index contributed by atoms with van der Waals surface area (Å²) < 4.78 is 1.71. The van der Waals surface area contributed by atoms with Gasteiger partial charge < -0.3 is 5.32 Å². The molecule has 0 aromatic carbocycles. The number of aryl methyl sites for hydroxylation is 3. The molecule has 0 spiro atoms. The van der Waals surface area contributed by atoms with Crippen molar-refractivity contribution in [3.05, 3.63) is 52.9 Å². The van der Waals surface area contributed by atoms with Gasteiger partial charge in [0.05, 0.1) is 6.04 Å². The second kappa shape index (κ2) is 6.96. The number of amides is 1. The van der Waals surface area contributed by atoms with Crippen LogP contribution in [-0.4, -0.2) is 30.5 Å². The number of carbonyl (C=O) groups excluding carboxylic acids is 1. The van der Waals surface area contributed by atoms with Crippen LogP contribution in [0, 0.1) is 20.8 Å². The molecular weight excluding hydrogens is 316 g/mol. The van der Waals surface area contributed by atoms with E-state index in [0.717, 1.165) is 28.2 Å². The molecule has 0 aliphatic carbocycles. The Bertz CT molecular complexity index is 900. The van der Waals surface area contributed by atoms with E-state index in [4.69, 9.17) is 0 Å². The standard InChI is InChI=1S/C18H22N6O/c1-11-5-6-15(9-19-11)12(2)22-17(25)8-7-16-13(3)23-18-20-10-21-24(18)14(16)4/h5-6,9-10,12H,7-8H2,1-4H3,(H,22,25). The van der Waals surface area contributed by atoms with Gasteiger partial charge in [-0.25, -0.2) is 9.50 Å². The van der Waals surface area contributed by atoms with Crippen LogP contribution in [0.15, 0.2) is 24.7 Å². The number of fused-ring (bicyclic) bond motifs is 1. The lowest BCUT2D eigenvalue weighted by Gasteiger charge is -2.15. The van der Waals surface area contributed by atoms with Gasteiger partial charge in [0, 0.05) is 29.7 Å². The molecule has 1 N–H and O–H groups in total. The molecule has 0 fully saturated rings. The molecule has 1 amide bonds. The number of aromatic nitrogens is 5. The summed E-state index contributed by atoms with van der Waals surface area (Å²) in [5.41, 5.74) is 4.87. The summed E-state index contributed by atoms with van der Waals surface area (Å²) in [4.78, 5) is 25.1. The van der Waals surface area contributed by atoms with Crippen LogP contribution in [0.3, 0.4) is 0 Å². The molecule has 3 rings (SSSR count). The van der Waals surface area contributed by atoms with Gasteiger partial charge in [-0.1, -0.05) is 6.07 Å². The SMILES string of the molecule is Cc1ccc(C(C)NC(=O)CCc2c(C)nc3ncnn3c2C)cn1. The van der Waals surface area contributed by atoms with Crippen LogP contribution in [0.2, 0.25) is 0 Å². The topological polar surface area (TPSA) is 85.1 Å². The van der Waals surface area contributed by atoms with Crippen molar-refractivity contribution in [2.75, 3.05) is 0 Å². The minimum Gasteiger partial charge on any atom is -0.350 e. The third-order valence-corrected chi connectivity index (χ3v) is 4.40. The Kier molecular flexibility index (Phi) is 4.74. The van der Waals surface area contributed by atoms with Crippen molar-refractivity contribution < 1.29 is 4.79 Å². The molecule has 0 saturated carbocycles. The summed E-state index contributed by atoms with van der Waals surface area (Å²) >= 11 is 0. The van der Waals surface area contributed by atoms with Crippen LogP contribution in [-0.2, 0) is 11.2 Å². The van der Waals surface area contributed by atoms with E-state index in [-0.39, 0.29) is 11.9 Å². The van der Waals surface area contributed by atoms with Gasteiger partial charge in [-0.3, -0.25) is 9.78 Å². The monoisotopic (exact) mass is 338 g/mol. The van der Waals surface area contributed by atoms with E-state index in [1.54, 1.807) is 10.7 Å². The zero-order valence-corrected chi connectivity index (χ0v) is 14.9. The zero-order chi connectivity index (χ0) is 18.0. The number of hydrogen-bond acceptors (Lipinski definition) is 5. The Hall–Kier alpha value is -2.83. The molecule has 3 aromatic heterocycles. The minimum absolute atomic E-state index is 0.00515. The van der Waals surface area contributed by atoms with Crippen molar-refractivity contribution in [1.29, 1.82) is 0 Å². The molecular formula is C18H22N6O. The zero-order valence-electron chi connectivity index (χ0n) is 14.9. The van der Waals surface area contributed by atoms with Crippen LogP contribution >= 0.6 is 0 Å². The molecule has 130 valence electrons. The Morgan fingerprint density at radius 2 is 2.04 bits per heavy atom. The number of rotatable bonds is 5. The molecule has 0 bridgehead atoms. The molecule has 0 saturated heterocycles. The minimum atomic E-state index is -0.0706. The van der Waals surface area contributed by atoms with Gasteiger partial charge >= 0.3 is 0 Å². The van der Waals surface area contributed by atoms with E-state index in [0.29, 0.717) is 18.6 Å². The van der Waals surface area contributed by atoms with Crippen molar-refractivity contribution >= 4 is 11.7 Å². The van der Waals surface area contributed by atoms with Crippen molar-refractivity contribution in [2.24, 2.45) is 0 Å². The fraction of sp³-hybridized carbons (Fsp3) is 0.389. The first kappa shape index (κ1) is 17.0. The second-order valence-electron chi connectivity index (χ2n) is 6.26. The first-order valence-corrected chi connectivity index (χ1v) is 8.33. The summed E-state index contributed by atoms with van der Waals surface area (Å²) in [5, 5.41) is 7.20. The molecule has 0 aliphatic rings. The molecule has 3 heterocycles. The number of pyridine rings is 1. The molecule has 0 aliphatic heterocycles. The summed E-state index contributed by atoms with van der Waals surface area (Å²) in [6.07, 6.45) is 4.30. The number of carbonyl (C=O) groups is 1. The summed E-state index contributed by atoms with van der Waals surface area (Å²) in [6.45, 7) is 7.82. The fourth-order valence-corrected chi connectivity index (χ4v) is 2.89. The highest BCUT2D eigenvalue weighted by Crippen LogP contribution is 2.16. The summed E-state index contributed by atoms with van der Waals surface area (Å²) in [6, 6.07) is 3.87. The van der Waals surface area contributed by atoms with E-state index in [9.17, 15) is 4.79 Å². The first-order chi connectivity index (χ1) is 12.0. The van der Waals surface area contributed by atoms with E-state index in [2.05, 4.69) is 25.4 Å². The predicted molar refractivity (Wildman–Crippen MR) is 94.1 cm³/mol. The highest BCUT2D eigenvalue weighted by Gasteiger charge is 2.14. The number of nitrogens with one attached hydrogen (secondary N) is 1. The van der Waals surface area contributed by atoms with Gasteiger partial charge in [-0.05, 0) is 51.3 Å². The molecule has 0 radical (unpaired) electrons. The van der Waals surface area contributed by atoms with Crippen LogP contribution in [0.1, 0.15) is 47.6 Å². The van der Waals surface area contributed by atoms with Gasteiger partial charge in [0.15, 0.2) is 0 Å². The van der Waals surface area contributed by atoms with E-state index >= 15 is 0 Å². The molecule has 25 heavy (non-hydrogen) atoms. The highest BCUT2D eigenvalue weighted by atomic mass is 16.1. The van der Waals surface area contributed by atoms with Gasteiger partial charge in [0.25, 0.3) is 5.78 Å².